The lowest BCUT2D eigenvalue weighted by Crippen LogP contribution is -2.46. The highest BCUT2D eigenvalue weighted by Crippen LogP contribution is 2.55. The molecule has 0 aromatic heterocycles. The molecule has 0 aromatic carbocycles. The van der Waals surface area contributed by atoms with Gasteiger partial charge < -0.3 is 5.11 Å². The lowest BCUT2D eigenvalue weighted by Gasteiger charge is -2.48. The third-order valence-electron chi connectivity index (χ3n) is 3.61. The van der Waals surface area contributed by atoms with Crippen molar-refractivity contribution in [3.8, 4) is 0 Å². The zero-order valence-corrected chi connectivity index (χ0v) is 7.73. The van der Waals surface area contributed by atoms with Gasteiger partial charge in [0, 0.05) is 4.87 Å². The van der Waals surface area contributed by atoms with E-state index in [4.69, 9.17) is 16.7 Å². The van der Waals surface area contributed by atoms with Gasteiger partial charge in [-0.2, -0.15) is 0 Å². The maximum absolute atomic E-state index is 11.0. The number of alkyl halides is 1. The van der Waals surface area contributed by atoms with Gasteiger partial charge in [-0.05, 0) is 38.5 Å². The summed E-state index contributed by atoms with van der Waals surface area (Å²) in [5.74, 6) is -0.610. The number of carboxylic acids is 1. The Hall–Kier alpha value is -0.240. The quantitative estimate of drug-likeness (QED) is 0.642. The standard InChI is InChI=1S/C9H13ClO2/c10-9-4-1-8(2-5-9,3-6-9)7(11)12/h1-6H2,(H,11,12). The zero-order chi connectivity index (χ0) is 8.82. The average molecular weight is 189 g/mol. The minimum Gasteiger partial charge on any atom is -0.481 e. The minimum atomic E-state index is -0.610. The van der Waals surface area contributed by atoms with Crippen LogP contribution in [0.15, 0.2) is 0 Å². The maximum atomic E-state index is 11.0. The Morgan fingerprint density at radius 1 is 1.08 bits per heavy atom. The van der Waals surface area contributed by atoms with Crippen LogP contribution in [0.2, 0.25) is 0 Å². The van der Waals surface area contributed by atoms with Crippen LogP contribution in [-0.2, 0) is 4.79 Å². The van der Waals surface area contributed by atoms with Gasteiger partial charge in [0.05, 0.1) is 5.41 Å². The normalized spacial score (nSPS) is 46.1. The first-order valence-electron chi connectivity index (χ1n) is 4.49. The maximum Gasteiger partial charge on any atom is 0.309 e. The molecule has 0 unspecified atom stereocenters. The molecule has 3 aliphatic rings. The molecule has 0 radical (unpaired) electrons. The van der Waals surface area contributed by atoms with Crippen molar-refractivity contribution in [2.24, 2.45) is 5.41 Å². The second-order valence-corrected chi connectivity index (χ2v) is 5.04. The first-order chi connectivity index (χ1) is 5.56. The van der Waals surface area contributed by atoms with Gasteiger partial charge in [-0.15, -0.1) is 11.6 Å². The number of halogens is 1. The van der Waals surface area contributed by atoms with E-state index in [1.54, 1.807) is 0 Å². The van der Waals surface area contributed by atoms with Crippen molar-refractivity contribution in [2.75, 3.05) is 0 Å². The van der Waals surface area contributed by atoms with E-state index >= 15 is 0 Å². The summed E-state index contributed by atoms with van der Waals surface area (Å²) in [6.45, 7) is 0. The fourth-order valence-corrected chi connectivity index (χ4v) is 2.74. The van der Waals surface area contributed by atoms with Crippen LogP contribution in [0.1, 0.15) is 38.5 Å². The molecule has 2 bridgehead atoms. The molecule has 0 spiro atoms. The fraction of sp³-hybridized carbons (Fsp3) is 0.889. The van der Waals surface area contributed by atoms with E-state index in [2.05, 4.69) is 0 Å². The predicted octanol–water partition coefficient (Wildman–Crippen LogP) is 2.40. The predicted molar refractivity (Wildman–Crippen MR) is 46.4 cm³/mol. The van der Waals surface area contributed by atoms with Gasteiger partial charge in [0.2, 0.25) is 0 Å². The molecule has 0 aliphatic heterocycles. The van der Waals surface area contributed by atoms with Gasteiger partial charge in [-0.25, -0.2) is 0 Å². The number of rotatable bonds is 1. The summed E-state index contributed by atoms with van der Waals surface area (Å²) in [5, 5.41) is 9.05. The van der Waals surface area contributed by atoms with Gasteiger partial charge in [-0.3, -0.25) is 4.79 Å². The molecule has 68 valence electrons. The molecule has 0 atom stereocenters. The monoisotopic (exact) mass is 188 g/mol. The van der Waals surface area contributed by atoms with Crippen molar-refractivity contribution >= 4 is 17.6 Å². The van der Waals surface area contributed by atoms with Crippen molar-refractivity contribution < 1.29 is 9.90 Å². The summed E-state index contributed by atoms with van der Waals surface area (Å²) >= 11 is 6.27. The molecule has 3 heteroatoms. The largest absolute Gasteiger partial charge is 0.481 e. The van der Waals surface area contributed by atoms with E-state index < -0.39 is 11.4 Å². The average Bonchev–Trinajstić information content (AvgIpc) is 2.06. The zero-order valence-electron chi connectivity index (χ0n) is 6.98. The van der Waals surface area contributed by atoms with Crippen LogP contribution in [0.3, 0.4) is 0 Å². The molecule has 3 rings (SSSR count). The molecule has 2 nitrogen and oxygen atoms in total. The summed E-state index contributed by atoms with van der Waals surface area (Å²) in [6, 6.07) is 0. The number of carbonyl (C=O) groups is 1. The van der Waals surface area contributed by atoms with Gasteiger partial charge in [0.1, 0.15) is 0 Å². The number of aliphatic carboxylic acids is 1. The SMILES string of the molecule is O=C(O)C12CCC(Cl)(CC1)CC2. The van der Waals surface area contributed by atoms with Crippen LogP contribution < -0.4 is 0 Å². The second kappa shape index (κ2) is 2.38. The van der Waals surface area contributed by atoms with E-state index in [0.717, 1.165) is 38.5 Å². The van der Waals surface area contributed by atoms with Crippen LogP contribution >= 0.6 is 11.6 Å². The van der Waals surface area contributed by atoms with Gasteiger partial charge in [-0.1, -0.05) is 0 Å². The summed E-state index contributed by atoms with van der Waals surface area (Å²) < 4.78 is 0. The molecule has 3 saturated carbocycles. The second-order valence-electron chi connectivity index (χ2n) is 4.24. The summed E-state index contributed by atoms with van der Waals surface area (Å²) in [4.78, 5) is 10.9. The van der Waals surface area contributed by atoms with E-state index in [-0.39, 0.29) is 4.87 Å². The molecule has 3 fully saturated rings. The first-order valence-corrected chi connectivity index (χ1v) is 4.87. The number of hydrogen-bond acceptors (Lipinski definition) is 1. The van der Waals surface area contributed by atoms with Gasteiger partial charge in [0.15, 0.2) is 0 Å². The van der Waals surface area contributed by atoms with Crippen LogP contribution in [0, 0.1) is 5.41 Å². The van der Waals surface area contributed by atoms with Crippen molar-refractivity contribution in [1.82, 2.24) is 0 Å². The lowest BCUT2D eigenvalue weighted by molar-refractivity contribution is -0.154. The topological polar surface area (TPSA) is 37.3 Å². The minimum absolute atomic E-state index is 0.0444. The van der Waals surface area contributed by atoms with Gasteiger partial charge >= 0.3 is 5.97 Å². The number of carboxylic acid groups (broad SMARTS) is 1. The van der Waals surface area contributed by atoms with Crippen molar-refractivity contribution in [1.29, 1.82) is 0 Å². The highest BCUT2D eigenvalue weighted by atomic mass is 35.5. The van der Waals surface area contributed by atoms with Crippen LogP contribution in [0.25, 0.3) is 0 Å². The Labute approximate surface area is 76.9 Å². The molecule has 0 heterocycles. The molecular formula is C9H13ClO2. The van der Waals surface area contributed by atoms with Crippen molar-refractivity contribution in [3.63, 3.8) is 0 Å². The highest BCUT2D eigenvalue weighted by molar-refractivity contribution is 6.24. The van der Waals surface area contributed by atoms with E-state index in [0.29, 0.717) is 0 Å². The van der Waals surface area contributed by atoms with Crippen molar-refractivity contribution in [3.05, 3.63) is 0 Å². The highest BCUT2D eigenvalue weighted by Gasteiger charge is 2.51. The lowest BCUT2D eigenvalue weighted by atomic mass is 9.60. The first kappa shape index (κ1) is 8.36. The summed E-state index contributed by atoms with van der Waals surface area (Å²) in [5.41, 5.74) is -0.406. The van der Waals surface area contributed by atoms with Crippen molar-refractivity contribution in [2.45, 2.75) is 43.4 Å². The van der Waals surface area contributed by atoms with Crippen LogP contribution in [-0.4, -0.2) is 16.0 Å². The molecule has 3 aliphatic carbocycles. The Morgan fingerprint density at radius 2 is 1.50 bits per heavy atom. The van der Waals surface area contributed by atoms with E-state index in [1.165, 1.54) is 0 Å². The molecule has 0 amide bonds. The molecule has 0 aromatic rings. The van der Waals surface area contributed by atoms with Crippen LogP contribution in [0.4, 0.5) is 0 Å². The number of fused-ring (bicyclic) bond motifs is 3. The fourth-order valence-electron chi connectivity index (χ4n) is 2.46. The smallest absolute Gasteiger partial charge is 0.309 e. The molecule has 1 N–H and O–H groups in total. The molecule has 0 saturated heterocycles. The number of hydrogen-bond donors (Lipinski definition) is 1. The Kier molecular flexibility index (Phi) is 1.66. The Morgan fingerprint density at radius 3 is 1.83 bits per heavy atom. The molecular weight excluding hydrogens is 176 g/mol. The van der Waals surface area contributed by atoms with Gasteiger partial charge in [0.25, 0.3) is 0 Å². The Bertz CT molecular complexity index is 200. The summed E-state index contributed by atoms with van der Waals surface area (Å²) in [7, 11) is 0. The third-order valence-corrected chi connectivity index (χ3v) is 4.18. The Balaban J connectivity index is 2.20. The van der Waals surface area contributed by atoms with Crippen LogP contribution in [0.5, 0.6) is 0 Å². The third kappa shape index (κ3) is 1.05. The van der Waals surface area contributed by atoms with E-state index in [9.17, 15) is 4.79 Å². The van der Waals surface area contributed by atoms with E-state index in [1.807, 2.05) is 0 Å². The summed E-state index contributed by atoms with van der Waals surface area (Å²) in [6.07, 6.45) is 5.02. The molecule has 12 heavy (non-hydrogen) atoms.